The fraction of sp³-hybridized carbons (Fsp3) is 0.520. The Morgan fingerprint density at radius 3 is 2.58 bits per heavy atom. The van der Waals surface area contributed by atoms with Gasteiger partial charge in [0, 0.05) is 20.1 Å². The first-order chi connectivity index (χ1) is 17.4. The van der Waals surface area contributed by atoms with Crippen LogP contribution in [-0.2, 0) is 10.2 Å². The fourth-order valence-corrected chi connectivity index (χ4v) is 6.71. The smallest absolute Gasteiger partial charge is 0.273 e. The van der Waals surface area contributed by atoms with E-state index in [2.05, 4.69) is 41.9 Å². The zero-order valence-electron chi connectivity index (χ0n) is 20.2. The monoisotopic (exact) mass is 487 g/mol. The maximum atomic E-state index is 12.5. The third kappa shape index (κ3) is 3.04. The average Bonchev–Trinajstić information content (AvgIpc) is 3.55. The Kier molecular flexibility index (Phi) is 4.41. The van der Waals surface area contributed by atoms with Crippen LogP contribution < -0.4 is 21.3 Å². The molecule has 1 spiro atoms. The number of nitrogens with two attached hydrogens (primary N) is 1. The molecular formula is C25H29N9O2. The maximum Gasteiger partial charge on any atom is 0.273 e. The number of hydrogen-bond acceptors (Lipinski definition) is 8. The Balaban J connectivity index is 1.20. The summed E-state index contributed by atoms with van der Waals surface area (Å²) in [4.78, 5) is 32.0. The van der Waals surface area contributed by atoms with Crippen LogP contribution in [0.2, 0.25) is 0 Å². The van der Waals surface area contributed by atoms with E-state index >= 15 is 0 Å². The van der Waals surface area contributed by atoms with Crippen molar-refractivity contribution in [3.05, 3.63) is 35.8 Å². The zero-order valence-corrected chi connectivity index (χ0v) is 20.2. The molecule has 3 saturated carbocycles. The molecule has 186 valence electrons. The summed E-state index contributed by atoms with van der Waals surface area (Å²) in [6.07, 6.45) is 8.59. The molecule has 11 heteroatoms. The molecule has 4 N–H and O–H groups in total. The van der Waals surface area contributed by atoms with E-state index in [0.29, 0.717) is 29.4 Å². The molecule has 0 bridgehead atoms. The average molecular weight is 488 g/mol. The number of fused-ring (bicyclic) bond motifs is 2. The number of carbonyl (C=O) groups excluding carboxylic acids is 2. The topological polar surface area (TPSA) is 143 Å². The van der Waals surface area contributed by atoms with Gasteiger partial charge in [-0.3, -0.25) is 9.59 Å². The van der Waals surface area contributed by atoms with Crippen LogP contribution in [-0.4, -0.2) is 56.7 Å². The molecule has 11 nitrogen and oxygen atoms in total. The van der Waals surface area contributed by atoms with Crippen molar-refractivity contribution in [2.75, 3.05) is 30.4 Å². The fourth-order valence-electron chi connectivity index (χ4n) is 6.71. The van der Waals surface area contributed by atoms with Gasteiger partial charge in [-0.2, -0.15) is 10.1 Å². The summed E-state index contributed by atoms with van der Waals surface area (Å²) >= 11 is 0. The molecule has 3 aliphatic carbocycles. The highest BCUT2D eigenvalue weighted by Crippen LogP contribution is 2.78. The lowest BCUT2D eigenvalue weighted by Gasteiger charge is -2.19. The van der Waals surface area contributed by atoms with E-state index in [4.69, 9.17) is 5.73 Å². The first-order valence-corrected chi connectivity index (χ1v) is 12.7. The summed E-state index contributed by atoms with van der Waals surface area (Å²) in [6.45, 7) is 2.19. The Morgan fingerprint density at radius 2 is 1.92 bits per heavy atom. The van der Waals surface area contributed by atoms with Gasteiger partial charge < -0.3 is 21.3 Å². The van der Waals surface area contributed by atoms with E-state index in [1.165, 1.54) is 26.3 Å². The number of rotatable bonds is 6. The molecule has 0 aromatic carbocycles. The van der Waals surface area contributed by atoms with E-state index in [0.717, 1.165) is 43.5 Å². The van der Waals surface area contributed by atoms with Crippen molar-refractivity contribution in [1.29, 1.82) is 0 Å². The van der Waals surface area contributed by atoms with Crippen molar-refractivity contribution in [1.82, 2.24) is 30.1 Å². The third-order valence-electron chi connectivity index (χ3n) is 8.98. The molecule has 3 aromatic heterocycles. The highest BCUT2D eigenvalue weighted by Gasteiger charge is 2.78. The number of hydrogen-bond donors (Lipinski definition) is 3. The molecule has 2 amide bonds. The number of anilines is 3. The lowest BCUT2D eigenvalue weighted by atomic mass is 9.96. The van der Waals surface area contributed by atoms with Gasteiger partial charge in [0.1, 0.15) is 0 Å². The van der Waals surface area contributed by atoms with E-state index < -0.39 is 17.2 Å². The quantitative estimate of drug-likeness (QED) is 0.477. The van der Waals surface area contributed by atoms with E-state index in [9.17, 15) is 9.59 Å². The second kappa shape index (κ2) is 7.37. The van der Waals surface area contributed by atoms with Crippen LogP contribution in [0, 0.1) is 17.3 Å². The normalized spacial score (nSPS) is 27.3. The van der Waals surface area contributed by atoms with Crippen LogP contribution >= 0.6 is 0 Å². The highest BCUT2D eigenvalue weighted by molar-refractivity contribution is 5.98. The van der Waals surface area contributed by atoms with Gasteiger partial charge in [0.25, 0.3) is 5.91 Å². The molecule has 4 fully saturated rings. The van der Waals surface area contributed by atoms with Gasteiger partial charge >= 0.3 is 0 Å². The molecule has 4 aliphatic rings. The van der Waals surface area contributed by atoms with Gasteiger partial charge in [-0.25, -0.2) is 4.52 Å². The summed E-state index contributed by atoms with van der Waals surface area (Å²) < 4.78 is 1.76. The molecule has 4 heterocycles. The predicted octanol–water partition coefficient (Wildman–Crippen LogP) is 1.77. The molecule has 2 unspecified atom stereocenters. The molecule has 3 aromatic rings. The highest BCUT2D eigenvalue weighted by atomic mass is 16.2. The number of nitrogens with zero attached hydrogens (tertiary/aromatic N) is 6. The van der Waals surface area contributed by atoms with Gasteiger partial charge in [0.2, 0.25) is 11.9 Å². The summed E-state index contributed by atoms with van der Waals surface area (Å²) in [7, 11) is 1.53. The van der Waals surface area contributed by atoms with E-state index in [1.54, 1.807) is 10.6 Å². The largest absolute Gasteiger partial charge is 0.370 e. The minimum absolute atomic E-state index is 0.0921. The Morgan fingerprint density at radius 1 is 1.14 bits per heavy atom. The minimum atomic E-state index is -0.813. The van der Waals surface area contributed by atoms with Gasteiger partial charge in [-0.05, 0) is 67.6 Å². The molecule has 36 heavy (non-hydrogen) atoms. The molecule has 1 saturated heterocycles. The van der Waals surface area contributed by atoms with Crippen LogP contribution in [0.5, 0.6) is 0 Å². The summed E-state index contributed by atoms with van der Waals surface area (Å²) in [5.74, 6) is 1.15. The van der Waals surface area contributed by atoms with Crippen molar-refractivity contribution < 1.29 is 9.59 Å². The number of pyridine rings is 1. The van der Waals surface area contributed by atoms with Crippen molar-refractivity contribution >= 4 is 34.8 Å². The molecule has 7 rings (SSSR count). The number of amides is 2. The minimum Gasteiger partial charge on any atom is -0.370 e. The van der Waals surface area contributed by atoms with Gasteiger partial charge in [0.15, 0.2) is 11.3 Å². The third-order valence-corrected chi connectivity index (χ3v) is 8.98. The van der Waals surface area contributed by atoms with Crippen LogP contribution in [0.25, 0.3) is 5.65 Å². The summed E-state index contributed by atoms with van der Waals surface area (Å²) in [5.41, 5.74) is 7.73. The number of nitrogens with one attached hydrogen (secondary N) is 2. The number of primary amides is 1. The van der Waals surface area contributed by atoms with Crippen molar-refractivity contribution in [2.24, 2.45) is 23.0 Å². The zero-order chi connectivity index (χ0) is 24.7. The lowest BCUT2D eigenvalue weighted by Crippen LogP contribution is -2.33. The van der Waals surface area contributed by atoms with Gasteiger partial charge in [-0.15, -0.1) is 10.2 Å². The Labute approximate surface area is 207 Å². The molecule has 0 radical (unpaired) electrons. The van der Waals surface area contributed by atoms with E-state index in [1.807, 2.05) is 12.3 Å². The molecule has 1 aliphatic heterocycles. The predicted molar refractivity (Wildman–Crippen MR) is 132 cm³/mol. The van der Waals surface area contributed by atoms with Crippen molar-refractivity contribution in [3.8, 4) is 0 Å². The standard InChI is InChI=1S/C25H29N9O2/c1-27-21(35)20-17(9-18(30-31-20)25(22(26)36)13-24(25)7-8-24)28-23-29-19-6-5-16(12-34(19)32-23)33-10-14-3-2-4-15(14)11-33/h5-6,9,12,14-15H,2-4,7-8,10-11,13H2,1H3,(H2,26,36)(H,27,35)(H,28,30,32)/t14?,15?,25-/m0/s1. The van der Waals surface area contributed by atoms with Gasteiger partial charge in [-0.1, -0.05) is 6.42 Å². The first kappa shape index (κ1) is 21.5. The summed E-state index contributed by atoms with van der Waals surface area (Å²) in [5, 5.41) is 18.8. The molecular weight excluding hydrogens is 458 g/mol. The second-order valence-corrected chi connectivity index (χ2v) is 10.9. The van der Waals surface area contributed by atoms with E-state index in [-0.39, 0.29) is 11.1 Å². The number of carbonyl (C=O) groups is 2. The van der Waals surface area contributed by atoms with Gasteiger partial charge in [0.05, 0.1) is 28.7 Å². The van der Waals surface area contributed by atoms with Crippen LogP contribution in [0.4, 0.5) is 17.3 Å². The van der Waals surface area contributed by atoms with Crippen LogP contribution in [0.3, 0.4) is 0 Å². The van der Waals surface area contributed by atoms with Crippen molar-refractivity contribution in [2.45, 2.75) is 43.9 Å². The second-order valence-electron chi connectivity index (χ2n) is 10.9. The van der Waals surface area contributed by atoms with Crippen LogP contribution in [0.1, 0.15) is 54.7 Å². The first-order valence-electron chi connectivity index (χ1n) is 12.7. The maximum absolute atomic E-state index is 12.5. The Hall–Kier alpha value is -3.76. The SMILES string of the molecule is CNC(=O)c1nnc([C@]2(C(N)=O)CC23CC3)cc1Nc1nc2ccc(N3CC4CCCC4C3)cn2n1. The van der Waals surface area contributed by atoms with Crippen molar-refractivity contribution in [3.63, 3.8) is 0 Å². The lowest BCUT2D eigenvalue weighted by molar-refractivity contribution is -0.121. The Bertz CT molecular complexity index is 1400. The number of aromatic nitrogens is 5. The summed E-state index contributed by atoms with van der Waals surface area (Å²) in [6, 6.07) is 5.76. The molecule has 3 atom stereocenters. The van der Waals surface area contributed by atoms with Crippen LogP contribution in [0.15, 0.2) is 24.4 Å².